The van der Waals surface area contributed by atoms with Crippen molar-refractivity contribution in [2.24, 2.45) is 0 Å². The zero-order chi connectivity index (χ0) is 13.8. The molecule has 2 aromatic rings. The van der Waals surface area contributed by atoms with E-state index < -0.39 is 6.09 Å². The Morgan fingerprint density at radius 3 is 2.65 bits per heavy atom. The lowest BCUT2D eigenvalue weighted by atomic mass is 9.98. The molecule has 3 rings (SSSR count). The molecule has 0 atom stereocenters. The smallest absolute Gasteiger partial charge is 0.410 e. The molecule has 1 aliphatic carbocycles. The van der Waals surface area contributed by atoms with Crippen LogP contribution in [0.1, 0.15) is 18.4 Å². The SMILES string of the molecule is O=C(NCC1(c2cccnc2)CC1)Oc1ccccc1. The molecule has 1 aromatic heterocycles. The Morgan fingerprint density at radius 1 is 1.20 bits per heavy atom. The fourth-order valence-corrected chi connectivity index (χ4v) is 2.27. The molecular weight excluding hydrogens is 252 g/mol. The highest BCUT2D eigenvalue weighted by Gasteiger charge is 2.44. The van der Waals surface area contributed by atoms with Gasteiger partial charge in [0.05, 0.1) is 0 Å². The van der Waals surface area contributed by atoms with E-state index >= 15 is 0 Å². The number of hydrogen-bond acceptors (Lipinski definition) is 3. The van der Waals surface area contributed by atoms with Crippen LogP contribution in [0, 0.1) is 0 Å². The number of ether oxygens (including phenoxy) is 1. The van der Waals surface area contributed by atoms with Gasteiger partial charge in [-0.3, -0.25) is 4.98 Å². The van der Waals surface area contributed by atoms with Crippen LogP contribution in [0.25, 0.3) is 0 Å². The number of aromatic nitrogens is 1. The van der Waals surface area contributed by atoms with Crippen molar-refractivity contribution in [1.82, 2.24) is 10.3 Å². The molecular formula is C16H16N2O2. The number of nitrogens with zero attached hydrogens (tertiary/aromatic N) is 1. The molecule has 1 heterocycles. The number of benzene rings is 1. The van der Waals surface area contributed by atoms with Crippen molar-refractivity contribution >= 4 is 6.09 Å². The van der Waals surface area contributed by atoms with E-state index in [-0.39, 0.29) is 5.41 Å². The van der Waals surface area contributed by atoms with Gasteiger partial charge >= 0.3 is 6.09 Å². The van der Waals surface area contributed by atoms with Gasteiger partial charge in [-0.2, -0.15) is 0 Å². The second-order valence-electron chi connectivity index (χ2n) is 5.08. The first-order valence-electron chi connectivity index (χ1n) is 6.70. The van der Waals surface area contributed by atoms with Gasteiger partial charge in [0.1, 0.15) is 5.75 Å². The Kier molecular flexibility index (Phi) is 3.37. The number of carbonyl (C=O) groups is 1. The molecule has 1 fully saturated rings. The molecule has 102 valence electrons. The number of pyridine rings is 1. The third-order valence-corrected chi connectivity index (χ3v) is 3.65. The van der Waals surface area contributed by atoms with Crippen molar-refractivity contribution in [1.29, 1.82) is 0 Å². The maximum Gasteiger partial charge on any atom is 0.412 e. The summed E-state index contributed by atoms with van der Waals surface area (Å²) >= 11 is 0. The van der Waals surface area contributed by atoms with Crippen molar-refractivity contribution in [2.75, 3.05) is 6.54 Å². The quantitative estimate of drug-likeness (QED) is 0.927. The van der Waals surface area contributed by atoms with Crippen LogP contribution in [0.3, 0.4) is 0 Å². The second-order valence-corrected chi connectivity index (χ2v) is 5.08. The summed E-state index contributed by atoms with van der Waals surface area (Å²) in [5, 5.41) is 2.84. The largest absolute Gasteiger partial charge is 0.412 e. The fraction of sp³-hybridized carbons (Fsp3) is 0.250. The van der Waals surface area contributed by atoms with Crippen molar-refractivity contribution in [3.05, 3.63) is 60.4 Å². The van der Waals surface area contributed by atoms with Crippen LogP contribution in [0.4, 0.5) is 4.79 Å². The monoisotopic (exact) mass is 268 g/mol. The molecule has 4 nitrogen and oxygen atoms in total. The molecule has 1 saturated carbocycles. The Balaban J connectivity index is 1.56. The van der Waals surface area contributed by atoms with E-state index in [2.05, 4.69) is 16.4 Å². The van der Waals surface area contributed by atoms with Gasteiger partial charge in [0.2, 0.25) is 0 Å². The van der Waals surface area contributed by atoms with E-state index in [9.17, 15) is 4.79 Å². The summed E-state index contributed by atoms with van der Waals surface area (Å²) < 4.78 is 5.21. The van der Waals surface area contributed by atoms with Gasteiger partial charge in [0.25, 0.3) is 0 Å². The van der Waals surface area contributed by atoms with E-state index in [4.69, 9.17) is 4.74 Å². The van der Waals surface area contributed by atoms with E-state index in [0.29, 0.717) is 12.3 Å². The molecule has 1 amide bonds. The van der Waals surface area contributed by atoms with Gasteiger partial charge in [-0.05, 0) is 36.6 Å². The molecule has 0 aliphatic heterocycles. The van der Waals surface area contributed by atoms with E-state index in [1.807, 2.05) is 30.5 Å². The fourth-order valence-electron chi connectivity index (χ4n) is 2.27. The molecule has 0 spiro atoms. The van der Waals surface area contributed by atoms with E-state index in [0.717, 1.165) is 12.8 Å². The van der Waals surface area contributed by atoms with Gasteiger partial charge in [-0.1, -0.05) is 24.3 Å². The van der Waals surface area contributed by atoms with Crippen LogP contribution in [0.5, 0.6) is 5.75 Å². The predicted octanol–water partition coefficient (Wildman–Crippen LogP) is 2.90. The predicted molar refractivity (Wildman–Crippen MR) is 75.6 cm³/mol. The van der Waals surface area contributed by atoms with E-state index in [1.54, 1.807) is 18.3 Å². The minimum absolute atomic E-state index is 0.0456. The first kappa shape index (κ1) is 12.7. The number of para-hydroxylation sites is 1. The summed E-state index contributed by atoms with van der Waals surface area (Å²) in [5.74, 6) is 0.552. The molecule has 1 aliphatic rings. The Labute approximate surface area is 117 Å². The lowest BCUT2D eigenvalue weighted by Gasteiger charge is -2.15. The summed E-state index contributed by atoms with van der Waals surface area (Å²) in [5.41, 5.74) is 1.23. The maximum absolute atomic E-state index is 11.8. The highest BCUT2D eigenvalue weighted by Crippen LogP contribution is 2.47. The standard InChI is InChI=1S/C16H16N2O2/c19-15(20-14-6-2-1-3-7-14)18-12-16(8-9-16)13-5-4-10-17-11-13/h1-7,10-11H,8-9,12H2,(H,18,19). The van der Waals surface area contributed by atoms with Crippen molar-refractivity contribution < 1.29 is 9.53 Å². The zero-order valence-corrected chi connectivity index (χ0v) is 11.1. The van der Waals surface area contributed by atoms with Crippen molar-refractivity contribution in [2.45, 2.75) is 18.3 Å². The normalized spacial score (nSPS) is 15.4. The van der Waals surface area contributed by atoms with Crippen LogP contribution in [0.15, 0.2) is 54.9 Å². The van der Waals surface area contributed by atoms with Crippen LogP contribution in [-0.2, 0) is 5.41 Å². The zero-order valence-electron chi connectivity index (χ0n) is 11.1. The van der Waals surface area contributed by atoms with E-state index in [1.165, 1.54) is 5.56 Å². The highest BCUT2D eigenvalue weighted by atomic mass is 16.6. The highest BCUT2D eigenvalue weighted by molar-refractivity contribution is 5.70. The molecule has 1 N–H and O–H groups in total. The van der Waals surface area contributed by atoms with Crippen molar-refractivity contribution in [3.8, 4) is 5.75 Å². The topological polar surface area (TPSA) is 51.2 Å². The third-order valence-electron chi connectivity index (χ3n) is 3.65. The van der Waals surface area contributed by atoms with Gasteiger partial charge in [0, 0.05) is 24.4 Å². The van der Waals surface area contributed by atoms with Crippen LogP contribution in [-0.4, -0.2) is 17.6 Å². The lowest BCUT2D eigenvalue weighted by Crippen LogP contribution is -2.34. The Bertz CT molecular complexity index is 580. The minimum Gasteiger partial charge on any atom is -0.410 e. The van der Waals surface area contributed by atoms with Gasteiger partial charge < -0.3 is 10.1 Å². The van der Waals surface area contributed by atoms with Gasteiger partial charge in [-0.15, -0.1) is 0 Å². The average molecular weight is 268 g/mol. The minimum atomic E-state index is -0.411. The van der Waals surface area contributed by atoms with Crippen LogP contribution < -0.4 is 10.1 Å². The number of hydrogen-bond donors (Lipinski definition) is 1. The van der Waals surface area contributed by atoms with Gasteiger partial charge in [0.15, 0.2) is 0 Å². The molecule has 4 heteroatoms. The summed E-state index contributed by atoms with van der Waals surface area (Å²) in [6, 6.07) is 13.1. The Hall–Kier alpha value is -2.36. The summed E-state index contributed by atoms with van der Waals surface area (Å²) in [6.45, 7) is 0.588. The summed E-state index contributed by atoms with van der Waals surface area (Å²) in [6.07, 6.45) is 5.37. The molecule has 1 aromatic carbocycles. The number of carbonyl (C=O) groups excluding carboxylic acids is 1. The molecule has 20 heavy (non-hydrogen) atoms. The summed E-state index contributed by atoms with van der Waals surface area (Å²) in [7, 11) is 0. The molecule has 0 saturated heterocycles. The van der Waals surface area contributed by atoms with Gasteiger partial charge in [-0.25, -0.2) is 4.79 Å². The Morgan fingerprint density at radius 2 is 2.00 bits per heavy atom. The maximum atomic E-state index is 11.8. The van der Waals surface area contributed by atoms with Crippen LogP contribution >= 0.6 is 0 Å². The summed E-state index contributed by atoms with van der Waals surface area (Å²) in [4.78, 5) is 15.9. The lowest BCUT2D eigenvalue weighted by molar-refractivity contribution is 0.199. The average Bonchev–Trinajstić information content (AvgIpc) is 3.28. The van der Waals surface area contributed by atoms with Crippen LogP contribution in [0.2, 0.25) is 0 Å². The molecule has 0 bridgehead atoms. The molecule has 0 radical (unpaired) electrons. The second kappa shape index (κ2) is 5.33. The number of nitrogens with one attached hydrogen (secondary N) is 1. The molecule has 0 unspecified atom stereocenters. The first-order valence-corrected chi connectivity index (χ1v) is 6.70. The number of amides is 1. The third kappa shape index (κ3) is 2.79. The van der Waals surface area contributed by atoms with Crippen molar-refractivity contribution in [3.63, 3.8) is 0 Å². The number of rotatable bonds is 4. The first-order chi connectivity index (χ1) is 9.78.